The van der Waals surface area contributed by atoms with Crippen molar-refractivity contribution in [1.82, 2.24) is 14.5 Å². The highest BCUT2D eigenvalue weighted by atomic mass is 15.1. The number of aromatic nitrogens is 2. The van der Waals surface area contributed by atoms with Gasteiger partial charge in [0.05, 0.1) is 12.0 Å². The van der Waals surface area contributed by atoms with Gasteiger partial charge in [-0.3, -0.25) is 0 Å². The molecule has 0 unspecified atom stereocenters. The summed E-state index contributed by atoms with van der Waals surface area (Å²) in [6, 6.07) is 0.0599. The molecular weight excluding hydrogens is 164 g/mol. The van der Waals surface area contributed by atoms with Gasteiger partial charge in [-0.25, -0.2) is 4.98 Å². The van der Waals surface area contributed by atoms with Crippen LogP contribution in [0, 0.1) is 0 Å². The van der Waals surface area contributed by atoms with Crippen molar-refractivity contribution in [3.63, 3.8) is 0 Å². The van der Waals surface area contributed by atoms with Crippen LogP contribution >= 0.6 is 0 Å². The van der Waals surface area contributed by atoms with E-state index in [0.29, 0.717) is 0 Å². The number of nitrogens with zero attached hydrogens (tertiary/aromatic N) is 3. The number of likely N-dealkylation sites (N-methyl/N-ethyl adjacent to an activating group) is 1. The lowest BCUT2D eigenvalue weighted by molar-refractivity contribution is 0.379. The first-order valence-corrected chi connectivity index (χ1v) is 4.51. The second-order valence-electron chi connectivity index (χ2n) is 3.60. The molecule has 0 aromatic carbocycles. The average Bonchev–Trinajstić information content (AvgIpc) is 2.47. The molecule has 0 aliphatic heterocycles. The van der Waals surface area contributed by atoms with Gasteiger partial charge in [0.15, 0.2) is 0 Å². The maximum absolute atomic E-state index is 5.79. The first kappa shape index (κ1) is 10.2. The zero-order chi connectivity index (χ0) is 9.84. The van der Waals surface area contributed by atoms with Crippen LogP contribution in [0.3, 0.4) is 0 Å². The van der Waals surface area contributed by atoms with E-state index >= 15 is 0 Å². The molecule has 0 aliphatic rings. The van der Waals surface area contributed by atoms with Crippen molar-refractivity contribution in [2.45, 2.75) is 19.5 Å². The SMILES string of the molecule is C[C@H](N)c1cncn1CCN(C)C. The monoisotopic (exact) mass is 182 g/mol. The van der Waals surface area contributed by atoms with E-state index in [0.717, 1.165) is 18.8 Å². The van der Waals surface area contributed by atoms with E-state index < -0.39 is 0 Å². The van der Waals surface area contributed by atoms with Crippen LogP contribution in [0.15, 0.2) is 12.5 Å². The van der Waals surface area contributed by atoms with Crippen molar-refractivity contribution in [3.8, 4) is 0 Å². The predicted octanol–water partition coefficient (Wildman–Crippen LogP) is 0.464. The molecule has 1 heterocycles. The molecular formula is C9H18N4. The molecule has 0 aliphatic carbocycles. The average molecular weight is 182 g/mol. The van der Waals surface area contributed by atoms with Crippen LogP contribution in [0.5, 0.6) is 0 Å². The number of rotatable bonds is 4. The predicted molar refractivity (Wildman–Crippen MR) is 53.4 cm³/mol. The van der Waals surface area contributed by atoms with Gasteiger partial charge < -0.3 is 15.2 Å². The Morgan fingerprint density at radius 3 is 2.85 bits per heavy atom. The Kier molecular flexibility index (Phi) is 3.45. The molecule has 1 atom stereocenters. The van der Waals surface area contributed by atoms with Gasteiger partial charge in [-0.1, -0.05) is 0 Å². The van der Waals surface area contributed by atoms with E-state index in [1.54, 1.807) is 0 Å². The highest BCUT2D eigenvalue weighted by molar-refractivity contribution is 5.02. The zero-order valence-corrected chi connectivity index (χ0v) is 8.57. The van der Waals surface area contributed by atoms with Gasteiger partial charge in [0, 0.05) is 25.3 Å². The third-order valence-corrected chi connectivity index (χ3v) is 2.00. The van der Waals surface area contributed by atoms with Crippen molar-refractivity contribution in [3.05, 3.63) is 18.2 Å². The van der Waals surface area contributed by atoms with E-state index in [-0.39, 0.29) is 6.04 Å². The Labute approximate surface area is 79.4 Å². The van der Waals surface area contributed by atoms with E-state index in [1.807, 2.05) is 19.4 Å². The summed E-state index contributed by atoms with van der Waals surface area (Å²) in [6.07, 6.45) is 3.67. The number of hydrogen-bond donors (Lipinski definition) is 1. The normalized spacial score (nSPS) is 13.6. The van der Waals surface area contributed by atoms with Crippen molar-refractivity contribution in [2.24, 2.45) is 5.73 Å². The van der Waals surface area contributed by atoms with Crippen LogP contribution in [-0.4, -0.2) is 35.1 Å². The van der Waals surface area contributed by atoms with E-state index in [9.17, 15) is 0 Å². The van der Waals surface area contributed by atoms with Crippen LogP contribution in [-0.2, 0) is 6.54 Å². The van der Waals surface area contributed by atoms with E-state index in [1.165, 1.54) is 0 Å². The smallest absolute Gasteiger partial charge is 0.0949 e. The van der Waals surface area contributed by atoms with Crippen LogP contribution < -0.4 is 5.73 Å². The highest BCUT2D eigenvalue weighted by Gasteiger charge is 2.05. The van der Waals surface area contributed by atoms with Crippen LogP contribution in [0.1, 0.15) is 18.7 Å². The largest absolute Gasteiger partial charge is 0.332 e. The Morgan fingerprint density at radius 1 is 1.62 bits per heavy atom. The van der Waals surface area contributed by atoms with Gasteiger partial charge in [-0.2, -0.15) is 0 Å². The topological polar surface area (TPSA) is 47.1 Å². The molecule has 0 spiro atoms. The second-order valence-corrected chi connectivity index (χ2v) is 3.60. The zero-order valence-electron chi connectivity index (χ0n) is 8.57. The molecule has 4 heteroatoms. The third kappa shape index (κ3) is 2.82. The summed E-state index contributed by atoms with van der Waals surface area (Å²) in [4.78, 5) is 6.23. The summed E-state index contributed by atoms with van der Waals surface area (Å²) in [5, 5.41) is 0. The fourth-order valence-electron chi connectivity index (χ4n) is 1.20. The molecule has 1 rings (SSSR count). The molecule has 13 heavy (non-hydrogen) atoms. The molecule has 1 aromatic heterocycles. The quantitative estimate of drug-likeness (QED) is 0.736. The molecule has 0 fully saturated rings. The van der Waals surface area contributed by atoms with Crippen molar-refractivity contribution in [2.75, 3.05) is 20.6 Å². The minimum Gasteiger partial charge on any atom is -0.332 e. The van der Waals surface area contributed by atoms with Gasteiger partial charge in [0.1, 0.15) is 0 Å². The molecule has 0 saturated heterocycles. The Bertz CT molecular complexity index is 252. The molecule has 4 nitrogen and oxygen atoms in total. The van der Waals surface area contributed by atoms with Gasteiger partial charge in [-0.05, 0) is 21.0 Å². The highest BCUT2D eigenvalue weighted by Crippen LogP contribution is 2.07. The van der Waals surface area contributed by atoms with Gasteiger partial charge in [0.25, 0.3) is 0 Å². The molecule has 0 radical (unpaired) electrons. The lowest BCUT2D eigenvalue weighted by atomic mass is 10.3. The maximum atomic E-state index is 5.79. The minimum atomic E-state index is 0.0599. The van der Waals surface area contributed by atoms with Crippen molar-refractivity contribution in [1.29, 1.82) is 0 Å². The Morgan fingerprint density at radius 2 is 2.31 bits per heavy atom. The first-order chi connectivity index (χ1) is 6.11. The minimum absolute atomic E-state index is 0.0599. The van der Waals surface area contributed by atoms with Crippen LogP contribution in [0.2, 0.25) is 0 Å². The number of hydrogen-bond acceptors (Lipinski definition) is 3. The third-order valence-electron chi connectivity index (χ3n) is 2.00. The number of imidazole rings is 1. The summed E-state index contributed by atoms with van der Waals surface area (Å²) in [5.41, 5.74) is 6.89. The molecule has 1 aromatic rings. The van der Waals surface area contributed by atoms with Gasteiger partial charge >= 0.3 is 0 Å². The fraction of sp³-hybridized carbons (Fsp3) is 0.667. The lowest BCUT2D eigenvalue weighted by Crippen LogP contribution is -2.20. The molecule has 2 N–H and O–H groups in total. The van der Waals surface area contributed by atoms with Gasteiger partial charge in [0.2, 0.25) is 0 Å². The summed E-state index contributed by atoms with van der Waals surface area (Å²) in [5.74, 6) is 0. The summed E-state index contributed by atoms with van der Waals surface area (Å²) >= 11 is 0. The lowest BCUT2D eigenvalue weighted by Gasteiger charge is -2.13. The van der Waals surface area contributed by atoms with Crippen LogP contribution in [0.4, 0.5) is 0 Å². The maximum Gasteiger partial charge on any atom is 0.0949 e. The van der Waals surface area contributed by atoms with E-state index in [2.05, 4.69) is 28.5 Å². The van der Waals surface area contributed by atoms with Crippen molar-refractivity contribution < 1.29 is 0 Å². The molecule has 74 valence electrons. The van der Waals surface area contributed by atoms with Crippen molar-refractivity contribution >= 4 is 0 Å². The van der Waals surface area contributed by atoms with Crippen LogP contribution in [0.25, 0.3) is 0 Å². The summed E-state index contributed by atoms with van der Waals surface area (Å²) in [6.45, 7) is 3.93. The first-order valence-electron chi connectivity index (χ1n) is 4.51. The Balaban J connectivity index is 2.60. The molecule has 0 amide bonds. The molecule has 0 saturated carbocycles. The Hall–Kier alpha value is -0.870. The summed E-state index contributed by atoms with van der Waals surface area (Å²) < 4.78 is 2.10. The standard InChI is InChI=1S/C9H18N4/c1-8(10)9-6-11-7-13(9)5-4-12(2)3/h6-8H,4-5,10H2,1-3H3/t8-/m0/s1. The molecule has 0 bridgehead atoms. The van der Waals surface area contributed by atoms with E-state index in [4.69, 9.17) is 5.73 Å². The second kappa shape index (κ2) is 4.39. The summed E-state index contributed by atoms with van der Waals surface area (Å²) in [7, 11) is 4.12. The fourth-order valence-corrected chi connectivity index (χ4v) is 1.20. The van der Waals surface area contributed by atoms with Gasteiger partial charge in [-0.15, -0.1) is 0 Å². The number of nitrogens with two attached hydrogens (primary N) is 1.